The molecule has 0 spiro atoms. The summed E-state index contributed by atoms with van der Waals surface area (Å²) in [7, 11) is 1.47. The summed E-state index contributed by atoms with van der Waals surface area (Å²) < 4.78 is 19.2. The third kappa shape index (κ3) is 2.85. The zero-order valence-electron chi connectivity index (χ0n) is 11.8. The molecular weight excluding hydrogens is 255 g/mol. The number of halogens is 1. The first-order valence-electron chi connectivity index (χ1n) is 6.58. The molecule has 0 saturated heterocycles. The zero-order valence-corrected chi connectivity index (χ0v) is 11.8. The zero-order chi connectivity index (χ0) is 14.5. The molecule has 0 saturated carbocycles. The second-order valence-electron chi connectivity index (χ2n) is 4.51. The number of benzene rings is 2. The fraction of sp³-hybridized carbons (Fsp3) is 0.250. The van der Waals surface area contributed by atoms with E-state index in [0.29, 0.717) is 17.8 Å². The SMILES string of the molecule is CCN(Cc1cccc(OC)c1F)c1ccccc1N. The summed E-state index contributed by atoms with van der Waals surface area (Å²) in [6.45, 7) is 3.21. The monoisotopic (exact) mass is 274 g/mol. The minimum absolute atomic E-state index is 0.264. The van der Waals surface area contributed by atoms with Crippen LogP contribution in [0.3, 0.4) is 0 Å². The maximum Gasteiger partial charge on any atom is 0.170 e. The molecule has 20 heavy (non-hydrogen) atoms. The number of nitrogens with two attached hydrogens (primary N) is 1. The summed E-state index contributed by atoms with van der Waals surface area (Å²) in [4.78, 5) is 2.03. The van der Waals surface area contributed by atoms with Gasteiger partial charge in [0.05, 0.1) is 18.5 Å². The second kappa shape index (κ2) is 6.28. The molecule has 0 atom stereocenters. The van der Waals surface area contributed by atoms with Gasteiger partial charge < -0.3 is 15.4 Å². The molecule has 2 aromatic rings. The van der Waals surface area contributed by atoms with Gasteiger partial charge in [-0.2, -0.15) is 0 Å². The van der Waals surface area contributed by atoms with Crippen molar-refractivity contribution >= 4 is 11.4 Å². The summed E-state index contributed by atoms with van der Waals surface area (Å²) in [5, 5.41) is 0. The van der Waals surface area contributed by atoms with Crippen LogP contribution in [0.25, 0.3) is 0 Å². The van der Waals surface area contributed by atoms with Crippen molar-refractivity contribution in [2.75, 3.05) is 24.3 Å². The maximum atomic E-state index is 14.2. The first-order chi connectivity index (χ1) is 9.67. The fourth-order valence-corrected chi connectivity index (χ4v) is 2.18. The van der Waals surface area contributed by atoms with Crippen LogP contribution < -0.4 is 15.4 Å². The molecule has 0 aromatic heterocycles. The molecular formula is C16H19FN2O. The van der Waals surface area contributed by atoms with Gasteiger partial charge >= 0.3 is 0 Å². The van der Waals surface area contributed by atoms with E-state index >= 15 is 0 Å². The molecule has 0 bridgehead atoms. The van der Waals surface area contributed by atoms with Gasteiger partial charge in [0, 0.05) is 18.7 Å². The molecule has 0 heterocycles. The number of methoxy groups -OCH3 is 1. The topological polar surface area (TPSA) is 38.5 Å². The summed E-state index contributed by atoms with van der Waals surface area (Å²) in [5.41, 5.74) is 8.18. The van der Waals surface area contributed by atoms with Crippen molar-refractivity contribution < 1.29 is 9.13 Å². The highest BCUT2D eigenvalue weighted by molar-refractivity contribution is 5.67. The van der Waals surface area contributed by atoms with E-state index in [1.54, 1.807) is 18.2 Å². The van der Waals surface area contributed by atoms with Gasteiger partial charge in [0.2, 0.25) is 0 Å². The van der Waals surface area contributed by atoms with Gasteiger partial charge in [-0.15, -0.1) is 0 Å². The van der Waals surface area contributed by atoms with Crippen molar-refractivity contribution in [2.45, 2.75) is 13.5 Å². The van der Waals surface area contributed by atoms with Gasteiger partial charge in [-0.05, 0) is 25.1 Å². The van der Waals surface area contributed by atoms with Crippen LogP contribution in [0.1, 0.15) is 12.5 Å². The average Bonchev–Trinajstić information content (AvgIpc) is 2.47. The fourth-order valence-electron chi connectivity index (χ4n) is 2.18. The Labute approximate surface area is 118 Å². The van der Waals surface area contributed by atoms with Crippen LogP contribution in [0.4, 0.5) is 15.8 Å². The molecule has 0 unspecified atom stereocenters. The number of ether oxygens (including phenoxy) is 1. The van der Waals surface area contributed by atoms with Gasteiger partial charge in [0.15, 0.2) is 11.6 Å². The summed E-state index contributed by atoms with van der Waals surface area (Å²) in [5.74, 6) is -0.0532. The van der Waals surface area contributed by atoms with E-state index < -0.39 is 0 Å². The summed E-state index contributed by atoms with van der Waals surface area (Å²) >= 11 is 0. The second-order valence-corrected chi connectivity index (χ2v) is 4.51. The third-order valence-electron chi connectivity index (χ3n) is 3.28. The van der Waals surface area contributed by atoms with Crippen molar-refractivity contribution in [3.8, 4) is 5.75 Å². The van der Waals surface area contributed by atoms with Crippen LogP contribution in [0, 0.1) is 5.82 Å². The van der Waals surface area contributed by atoms with Gasteiger partial charge in [-0.3, -0.25) is 0 Å². The standard InChI is InChI=1S/C16H19FN2O/c1-3-19(14-9-5-4-8-13(14)18)11-12-7-6-10-15(20-2)16(12)17/h4-10H,3,11,18H2,1-2H3. The first-order valence-corrected chi connectivity index (χ1v) is 6.58. The van der Waals surface area contributed by atoms with Crippen molar-refractivity contribution in [3.05, 3.63) is 53.8 Å². The lowest BCUT2D eigenvalue weighted by atomic mass is 10.1. The number of nitrogens with zero attached hydrogens (tertiary/aromatic N) is 1. The molecule has 0 amide bonds. The largest absolute Gasteiger partial charge is 0.494 e. The Morgan fingerprint density at radius 1 is 1.15 bits per heavy atom. The molecule has 4 heteroatoms. The van der Waals surface area contributed by atoms with Gasteiger partial charge in [0.25, 0.3) is 0 Å². The molecule has 0 radical (unpaired) electrons. The van der Waals surface area contributed by atoms with Crippen molar-refractivity contribution in [2.24, 2.45) is 0 Å². The average molecular weight is 274 g/mol. The molecule has 2 aromatic carbocycles. The predicted molar refractivity (Wildman–Crippen MR) is 80.5 cm³/mol. The molecule has 2 N–H and O–H groups in total. The smallest absolute Gasteiger partial charge is 0.170 e. The maximum absolute atomic E-state index is 14.2. The van der Waals surface area contributed by atoms with Crippen LogP contribution >= 0.6 is 0 Å². The Kier molecular flexibility index (Phi) is 4.45. The van der Waals surface area contributed by atoms with Crippen molar-refractivity contribution in [3.63, 3.8) is 0 Å². The highest BCUT2D eigenvalue weighted by Gasteiger charge is 2.13. The van der Waals surface area contributed by atoms with E-state index in [9.17, 15) is 4.39 Å². The van der Waals surface area contributed by atoms with Crippen LogP contribution in [-0.2, 0) is 6.54 Å². The third-order valence-corrected chi connectivity index (χ3v) is 3.28. The number of nitrogen functional groups attached to an aromatic ring is 1. The van der Waals surface area contributed by atoms with E-state index in [4.69, 9.17) is 10.5 Å². The normalized spacial score (nSPS) is 10.3. The van der Waals surface area contributed by atoms with Crippen molar-refractivity contribution in [1.29, 1.82) is 0 Å². The minimum Gasteiger partial charge on any atom is -0.494 e. The Bertz CT molecular complexity index is 586. The van der Waals surface area contributed by atoms with Gasteiger partial charge in [0.1, 0.15) is 0 Å². The molecule has 3 nitrogen and oxygen atoms in total. The molecule has 106 valence electrons. The Morgan fingerprint density at radius 2 is 1.90 bits per heavy atom. The Morgan fingerprint density at radius 3 is 2.55 bits per heavy atom. The predicted octanol–water partition coefficient (Wildman–Crippen LogP) is 3.44. The van der Waals surface area contributed by atoms with Gasteiger partial charge in [-0.1, -0.05) is 24.3 Å². The Hall–Kier alpha value is -2.23. The van der Waals surface area contributed by atoms with Crippen LogP contribution in [0.15, 0.2) is 42.5 Å². The minimum atomic E-state index is -0.317. The van der Waals surface area contributed by atoms with Crippen LogP contribution in [0.5, 0.6) is 5.75 Å². The van der Waals surface area contributed by atoms with E-state index in [2.05, 4.69) is 0 Å². The van der Waals surface area contributed by atoms with Gasteiger partial charge in [-0.25, -0.2) is 4.39 Å². The number of hydrogen-bond acceptors (Lipinski definition) is 3. The molecule has 0 fully saturated rings. The number of anilines is 2. The van der Waals surface area contributed by atoms with Crippen LogP contribution in [-0.4, -0.2) is 13.7 Å². The van der Waals surface area contributed by atoms with E-state index in [1.165, 1.54) is 7.11 Å². The van der Waals surface area contributed by atoms with E-state index in [0.717, 1.165) is 12.2 Å². The highest BCUT2D eigenvalue weighted by atomic mass is 19.1. The summed E-state index contributed by atoms with van der Waals surface area (Å²) in [6.07, 6.45) is 0. The lowest BCUT2D eigenvalue weighted by molar-refractivity contribution is 0.384. The lowest BCUT2D eigenvalue weighted by Crippen LogP contribution is -2.23. The quantitative estimate of drug-likeness (QED) is 0.849. The molecule has 2 rings (SSSR count). The number of rotatable bonds is 5. The van der Waals surface area contributed by atoms with Crippen molar-refractivity contribution in [1.82, 2.24) is 0 Å². The van der Waals surface area contributed by atoms with Crippen LogP contribution in [0.2, 0.25) is 0 Å². The molecule has 0 aliphatic heterocycles. The molecule has 0 aliphatic rings. The Balaban J connectivity index is 2.30. The first kappa shape index (κ1) is 14.2. The number of para-hydroxylation sites is 2. The van der Waals surface area contributed by atoms with E-state index in [-0.39, 0.29) is 11.6 Å². The lowest BCUT2D eigenvalue weighted by Gasteiger charge is -2.25. The molecule has 0 aliphatic carbocycles. The highest BCUT2D eigenvalue weighted by Crippen LogP contribution is 2.26. The van der Waals surface area contributed by atoms with E-state index in [1.807, 2.05) is 36.1 Å². The summed E-state index contributed by atoms with van der Waals surface area (Å²) in [6, 6.07) is 12.8. The number of hydrogen-bond donors (Lipinski definition) is 1.